The van der Waals surface area contributed by atoms with Gasteiger partial charge in [-0.2, -0.15) is 0 Å². The summed E-state index contributed by atoms with van der Waals surface area (Å²) in [7, 11) is 0. The van der Waals surface area contributed by atoms with Crippen molar-refractivity contribution in [3.8, 4) is 0 Å². The first-order valence-corrected chi connectivity index (χ1v) is 5.42. The number of hydrogen-bond acceptors (Lipinski definition) is 2. The molecule has 0 amide bonds. The Hall–Kier alpha value is -0.540. The van der Waals surface area contributed by atoms with Crippen LogP contribution in [-0.2, 0) is 4.79 Å². The van der Waals surface area contributed by atoms with Crippen molar-refractivity contribution < 1.29 is 9.90 Å². The van der Waals surface area contributed by atoms with Crippen LogP contribution in [0.5, 0.6) is 0 Å². The summed E-state index contributed by atoms with van der Waals surface area (Å²) in [5.41, 5.74) is 0.912. The summed E-state index contributed by atoms with van der Waals surface area (Å²) in [5, 5.41) is 9.95. The Kier molecular flexibility index (Phi) is 4.42. The molecule has 2 nitrogen and oxygen atoms in total. The van der Waals surface area contributed by atoms with Gasteiger partial charge in [0.15, 0.2) is 0 Å². The molecule has 1 unspecified atom stereocenters. The molecule has 0 spiro atoms. The van der Waals surface area contributed by atoms with E-state index in [1.54, 1.807) is 0 Å². The van der Waals surface area contributed by atoms with E-state index < -0.39 is 5.97 Å². The van der Waals surface area contributed by atoms with Gasteiger partial charge in [0.05, 0.1) is 5.38 Å². The number of carboxylic acid groups (broad SMARTS) is 1. The maximum Gasteiger partial charge on any atom is 0.0599 e. The fourth-order valence-corrected chi connectivity index (χ4v) is 2.12. The van der Waals surface area contributed by atoms with Gasteiger partial charge >= 0.3 is 0 Å². The zero-order valence-corrected chi connectivity index (χ0v) is 9.72. The molecule has 0 aliphatic rings. The Morgan fingerprint density at radius 2 is 2.14 bits per heavy atom. The third-order valence-electron chi connectivity index (χ3n) is 1.84. The highest BCUT2D eigenvalue weighted by molar-refractivity contribution is 9.10. The van der Waals surface area contributed by atoms with E-state index in [0.717, 1.165) is 10.0 Å². The first-order valence-electron chi connectivity index (χ1n) is 4.19. The molecule has 4 heteroatoms. The Labute approximate surface area is 96.0 Å². The molecule has 0 saturated heterocycles. The molecule has 0 aliphatic carbocycles. The van der Waals surface area contributed by atoms with E-state index in [1.807, 2.05) is 24.3 Å². The summed E-state index contributed by atoms with van der Waals surface area (Å²) in [6, 6.07) is 7.51. The molecule has 1 rings (SSSR count). The van der Waals surface area contributed by atoms with Gasteiger partial charge in [-0.15, -0.1) is 11.6 Å². The molecule has 0 heterocycles. The maximum atomic E-state index is 10.2. The normalized spacial score (nSPS) is 12.4. The van der Waals surface area contributed by atoms with Gasteiger partial charge in [0, 0.05) is 10.4 Å². The Bertz CT molecular complexity index is 328. The van der Waals surface area contributed by atoms with Gasteiger partial charge < -0.3 is 9.90 Å². The van der Waals surface area contributed by atoms with Crippen LogP contribution in [0.3, 0.4) is 0 Å². The van der Waals surface area contributed by atoms with E-state index in [-0.39, 0.29) is 11.8 Å². The van der Waals surface area contributed by atoms with E-state index in [1.165, 1.54) is 0 Å². The predicted molar refractivity (Wildman–Crippen MR) is 57.0 cm³/mol. The van der Waals surface area contributed by atoms with Crippen LogP contribution < -0.4 is 5.11 Å². The molecule has 0 N–H and O–H groups in total. The minimum Gasteiger partial charge on any atom is -0.550 e. The second-order valence-corrected chi connectivity index (χ2v) is 4.28. The number of halogens is 2. The lowest BCUT2D eigenvalue weighted by Gasteiger charge is -2.11. The van der Waals surface area contributed by atoms with Gasteiger partial charge in [0.2, 0.25) is 0 Å². The monoisotopic (exact) mass is 275 g/mol. The summed E-state index contributed by atoms with van der Waals surface area (Å²) < 4.78 is 0.901. The second kappa shape index (κ2) is 5.37. The zero-order valence-electron chi connectivity index (χ0n) is 7.37. The number of alkyl halides is 1. The van der Waals surface area contributed by atoms with E-state index in [2.05, 4.69) is 15.9 Å². The van der Waals surface area contributed by atoms with Crippen LogP contribution in [0, 0.1) is 0 Å². The van der Waals surface area contributed by atoms with Gasteiger partial charge in [0.1, 0.15) is 0 Å². The fourth-order valence-electron chi connectivity index (χ4n) is 1.13. The molecule has 1 aromatic carbocycles. The van der Waals surface area contributed by atoms with Crippen molar-refractivity contribution in [2.24, 2.45) is 0 Å². The number of carboxylic acids is 1. The number of benzene rings is 1. The van der Waals surface area contributed by atoms with Crippen molar-refractivity contribution in [1.29, 1.82) is 0 Å². The molecule has 76 valence electrons. The molecule has 0 fully saturated rings. The maximum absolute atomic E-state index is 10.2. The SMILES string of the molecule is O=C([O-])CCC(Cl)c1ccccc1Br. The van der Waals surface area contributed by atoms with Gasteiger partial charge in [0.25, 0.3) is 0 Å². The van der Waals surface area contributed by atoms with Crippen molar-refractivity contribution >= 4 is 33.5 Å². The van der Waals surface area contributed by atoms with E-state index >= 15 is 0 Å². The number of rotatable bonds is 4. The summed E-state index contributed by atoms with van der Waals surface area (Å²) >= 11 is 9.39. The van der Waals surface area contributed by atoms with E-state index in [9.17, 15) is 9.90 Å². The van der Waals surface area contributed by atoms with Crippen molar-refractivity contribution in [2.75, 3.05) is 0 Å². The first kappa shape index (κ1) is 11.5. The first-order chi connectivity index (χ1) is 6.61. The van der Waals surface area contributed by atoms with Crippen LogP contribution in [0.2, 0.25) is 0 Å². The molecule has 0 radical (unpaired) electrons. The minimum absolute atomic E-state index is 0.0184. The molecule has 0 saturated carbocycles. The quantitative estimate of drug-likeness (QED) is 0.792. The Morgan fingerprint density at radius 1 is 1.50 bits per heavy atom. The number of carbonyl (C=O) groups excluding carboxylic acids is 1. The topological polar surface area (TPSA) is 40.1 Å². The predicted octanol–water partition coefficient (Wildman–Crippen LogP) is 2.26. The molecule has 14 heavy (non-hydrogen) atoms. The lowest BCUT2D eigenvalue weighted by molar-refractivity contribution is -0.305. The third kappa shape index (κ3) is 3.31. The van der Waals surface area contributed by atoms with Crippen LogP contribution in [0.4, 0.5) is 0 Å². The third-order valence-corrected chi connectivity index (χ3v) is 3.02. The minimum atomic E-state index is -1.07. The van der Waals surface area contributed by atoms with Crippen LogP contribution in [0.1, 0.15) is 23.8 Å². The fraction of sp³-hybridized carbons (Fsp3) is 0.300. The smallest absolute Gasteiger partial charge is 0.0599 e. The lowest BCUT2D eigenvalue weighted by Crippen LogP contribution is -2.22. The Morgan fingerprint density at radius 3 is 2.71 bits per heavy atom. The van der Waals surface area contributed by atoms with Crippen LogP contribution in [0.15, 0.2) is 28.7 Å². The van der Waals surface area contributed by atoms with Gasteiger partial charge in [-0.25, -0.2) is 0 Å². The molecular weight excluding hydrogens is 267 g/mol. The molecule has 0 bridgehead atoms. The van der Waals surface area contributed by atoms with Crippen molar-refractivity contribution in [2.45, 2.75) is 18.2 Å². The molecule has 1 aromatic rings. The number of hydrogen-bond donors (Lipinski definition) is 0. The molecule has 0 aliphatic heterocycles. The van der Waals surface area contributed by atoms with Crippen molar-refractivity contribution in [3.63, 3.8) is 0 Å². The van der Waals surface area contributed by atoms with E-state index in [4.69, 9.17) is 11.6 Å². The van der Waals surface area contributed by atoms with Crippen LogP contribution in [-0.4, -0.2) is 5.97 Å². The molecular formula is C10H9BrClO2-. The van der Waals surface area contributed by atoms with Crippen molar-refractivity contribution in [3.05, 3.63) is 34.3 Å². The Balaban J connectivity index is 2.65. The summed E-state index contributed by atoms with van der Waals surface area (Å²) in [6.07, 6.45) is 0.363. The lowest BCUT2D eigenvalue weighted by atomic mass is 10.1. The standard InChI is InChI=1S/C10H10BrClO2/c11-8-4-2-1-3-7(8)9(12)5-6-10(13)14/h1-4,9H,5-6H2,(H,13,14)/p-1. The molecule has 1 atom stereocenters. The summed E-state index contributed by atoms with van der Waals surface area (Å²) in [5.74, 6) is -1.07. The highest BCUT2D eigenvalue weighted by Gasteiger charge is 2.10. The summed E-state index contributed by atoms with van der Waals surface area (Å²) in [6.45, 7) is 0. The molecule has 0 aromatic heterocycles. The van der Waals surface area contributed by atoms with Crippen LogP contribution in [0.25, 0.3) is 0 Å². The second-order valence-electron chi connectivity index (χ2n) is 2.90. The number of aliphatic carboxylic acids is 1. The summed E-state index contributed by atoms with van der Waals surface area (Å²) in [4.78, 5) is 10.2. The van der Waals surface area contributed by atoms with E-state index in [0.29, 0.717) is 6.42 Å². The largest absolute Gasteiger partial charge is 0.550 e. The zero-order chi connectivity index (χ0) is 10.6. The van der Waals surface area contributed by atoms with Crippen molar-refractivity contribution in [1.82, 2.24) is 0 Å². The average molecular weight is 277 g/mol. The highest BCUT2D eigenvalue weighted by atomic mass is 79.9. The van der Waals surface area contributed by atoms with Gasteiger partial charge in [-0.05, 0) is 24.5 Å². The van der Waals surface area contributed by atoms with Gasteiger partial charge in [-0.3, -0.25) is 0 Å². The highest BCUT2D eigenvalue weighted by Crippen LogP contribution is 2.31. The number of carbonyl (C=O) groups is 1. The van der Waals surface area contributed by atoms with Gasteiger partial charge in [-0.1, -0.05) is 34.1 Å². The van der Waals surface area contributed by atoms with Crippen LogP contribution >= 0.6 is 27.5 Å². The average Bonchev–Trinajstić information content (AvgIpc) is 2.15.